The number of pyridine rings is 1. The standard InChI is InChI=1S/C28H37N3O5/c1-3-4-5-6-7-8-9-13-29-17-20-14-19-15-22-18(16-23(19)31(20)2)11-10-12-21-24(22)30-27(33)26(25(21)32)36-28(34)35/h14-16,29H,3-13,17H2,1-2H3,(H,34,35)(H2,30,32,33). The molecule has 36 heavy (non-hydrogen) atoms. The fraction of sp³-hybridized carbons (Fsp3) is 0.500. The van der Waals surface area contributed by atoms with Crippen molar-refractivity contribution in [1.82, 2.24) is 14.9 Å². The van der Waals surface area contributed by atoms with E-state index in [2.05, 4.69) is 51.8 Å². The van der Waals surface area contributed by atoms with E-state index in [-0.39, 0.29) is 0 Å². The Labute approximate surface area is 211 Å². The van der Waals surface area contributed by atoms with Crippen molar-refractivity contribution < 1.29 is 19.7 Å². The Bertz CT molecular complexity index is 1290. The molecule has 0 fully saturated rings. The summed E-state index contributed by atoms with van der Waals surface area (Å²) in [6, 6.07) is 6.39. The van der Waals surface area contributed by atoms with Gasteiger partial charge in [-0.15, -0.1) is 0 Å². The molecule has 0 aliphatic heterocycles. The first-order valence-corrected chi connectivity index (χ1v) is 13.1. The van der Waals surface area contributed by atoms with Gasteiger partial charge in [0, 0.05) is 41.3 Å². The molecule has 8 heteroatoms. The molecule has 1 aliphatic rings. The van der Waals surface area contributed by atoms with Gasteiger partial charge in [-0.1, -0.05) is 45.4 Å². The molecule has 194 valence electrons. The molecular weight excluding hydrogens is 458 g/mol. The number of aromatic amines is 1. The monoisotopic (exact) mass is 495 g/mol. The Morgan fingerprint density at radius 2 is 1.86 bits per heavy atom. The first-order valence-electron chi connectivity index (χ1n) is 13.1. The van der Waals surface area contributed by atoms with Crippen LogP contribution < -0.4 is 15.6 Å². The highest BCUT2D eigenvalue weighted by atomic mass is 16.7. The summed E-state index contributed by atoms with van der Waals surface area (Å²) in [6.07, 6.45) is 9.48. The van der Waals surface area contributed by atoms with E-state index in [0.29, 0.717) is 17.7 Å². The zero-order chi connectivity index (χ0) is 25.7. The summed E-state index contributed by atoms with van der Waals surface area (Å²) in [7, 11) is 2.08. The van der Waals surface area contributed by atoms with Crippen LogP contribution in [0.5, 0.6) is 11.5 Å². The lowest BCUT2D eigenvalue weighted by molar-refractivity contribution is 0.142. The second kappa shape index (κ2) is 11.6. The van der Waals surface area contributed by atoms with Crippen molar-refractivity contribution >= 4 is 17.1 Å². The third-order valence-corrected chi connectivity index (χ3v) is 7.21. The van der Waals surface area contributed by atoms with Crippen LogP contribution in [0, 0.1) is 0 Å². The molecule has 0 saturated carbocycles. The predicted octanol–water partition coefficient (Wildman–Crippen LogP) is 5.62. The van der Waals surface area contributed by atoms with Gasteiger partial charge in [-0.05, 0) is 56.0 Å². The minimum absolute atomic E-state index is 0.396. The highest BCUT2D eigenvalue weighted by Gasteiger charge is 2.25. The van der Waals surface area contributed by atoms with Crippen molar-refractivity contribution in [3.63, 3.8) is 0 Å². The van der Waals surface area contributed by atoms with Crippen molar-refractivity contribution in [3.05, 3.63) is 45.4 Å². The smallest absolute Gasteiger partial charge is 0.504 e. The summed E-state index contributed by atoms with van der Waals surface area (Å²) in [6.45, 7) is 4.03. The third-order valence-electron chi connectivity index (χ3n) is 7.21. The molecular formula is C28H37N3O5. The lowest BCUT2D eigenvalue weighted by Gasteiger charge is -2.13. The zero-order valence-corrected chi connectivity index (χ0v) is 21.3. The van der Waals surface area contributed by atoms with Crippen molar-refractivity contribution in [2.75, 3.05) is 6.54 Å². The van der Waals surface area contributed by atoms with Crippen LogP contribution in [-0.2, 0) is 26.4 Å². The highest BCUT2D eigenvalue weighted by Crippen LogP contribution is 2.40. The van der Waals surface area contributed by atoms with E-state index < -0.39 is 23.2 Å². The number of aromatic hydroxyl groups is 1. The fourth-order valence-electron chi connectivity index (χ4n) is 5.24. The number of fused-ring (bicyclic) bond motifs is 4. The molecule has 0 saturated heterocycles. The molecule has 8 nitrogen and oxygen atoms in total. The van der Waals surface area contributed by atoms with E-state index in [4.69, 9.17) is 5.11 Å². The van der Waals surface area contributed by atoms with E-state index in [1.807, 2.05) is 0 Å². The quantitative estimate of drug-likeness (QED) is 0.202. The Morgan fingerprint density at radius 3 is 2.61 bits per heavy atom. The molecule has 1 aromatic carbocycles. The molecule has 0 bridgehead atoms. The maximum absolute atomic E-state index is 12.5. The number of aryl methyl sites for hydroxylation is 2. The Kier molecular flexibility index (Phi) is 8.36. The second-order valence-electron chi connectivity index (χ2n) is 9.77. The van der Waals surface area contributed by atoms with Gasteiger partial charge in [0.1, 0.15) is 0 Å². The number of benzene rings is 1. The SMILES string of the molecule is CCCCCCCCCNCc1cc2cc3c(cc2n1C)CCCc1c-3[nH]c(=O)c(OC(=O)O)c1O. The zero-order valence-electron chi connectivity index (χ0n) is 21.3. The number of nitrogens with one attached hydrogen (secondary N) is 2. The summed E-state index contributed by atoms with van der Waals surface area (Å²) < 4.78 is 6.77. The van der Waals surface area contributed by atoms with Crippen LogP contribution in [-0.4, -0.2) is 32.5 Å². The van der Waals surface area contributed by atoms with Gasteiger partial charge < -0.3 is 29.8 Å². The van der Waals surface area contributed by atoms with Gasteiger partial charge in [-0.3, -0.25) is 4.79 Å². The van der Waals surface area contributed by atoms with Crippen molar-refractivity contribution in [1.29, 1.82) is 0 Å². The number of aromatic nitrogens is 2. The second-order valence-corrected chi connectivity index (χ2v) is 9.77. The van der Waals surface area contributed by atoms with Gasteiger partial charge in [-0.2, -0.15) is 0 Å². The summed E-state index contributed by atoms with van der Waals surface area (Å²) >= 11 is 0. The molecule has 3 aromatic rings. The summed E-state index contributed by atoms with van der Waals surface area (Å²) in [5, 5.41) is 24.2. The number of nitrogens with zero attached hydrogens (tertiary/aromatic N) is 1. The lowest BCUT2D eigenvalue weighted by Crippen LogP contribution is -2.17. The van der Waals surface area contributed by atoms with Crippen LogP contribution >= 0.6 is 0 Å². The number of carbonyl (C=O) groups is 1. The molecule has 0 radical (unpaired) electrons. The van der Waals surface area contributed by atoms with Crippen LogP contribution in [0.2, 0.25) is 0 Å². The number of hydrogen-bond acceptors (Lipinski definition) is 5. The lowest BCUT2D eigenvalue weighted by atomic mass is 9.99. The summed E-state index contributed by atoms with van der Waals surface area (Å²) in [5.74, 6) is -0.966. The molecule has 2 heterocycles. The maximum Gasteiger partial charge on any atom is 0.511 e. The van der Waals surface area contributed by atoms with E-state index in [1.54, 1.807) is 0 Å². The van der Waals surface area contributed by atoms with Crippen LogP contribution in [0.25, 0.3) is 22.2 Å². The molecule has 1 aliphatic carbocycles. The van der Waals surface area contributed by atoms with E-state index in [1.165, 1.54) is 50.6 Å². The first kappa shape index (κ1) is 25.8. The number of hydrogen-bond donors (Lipinski definition) is 4. The number of unbranched alkanes of at least 4 members (excludes halogenated alkanes) is 6. The number of ether oxygens (including phenoxy) is 1. The average Bonchev–Trinajstić information content (AvgIpc) is 3.03. The first-order chi connectivity index (χ1) is 17.4. The van der Waals surface area contributed by atoms with Gasteiger partial charge >= 0.3 is 6.16 Å². The molecule has 0 atom stereocenters. The van der Waals surface area contributed by atoms with Gasteiger partial charge in [0.05, 0.1) is 5.69 Å². The number of H-pyrrole nitrogens is 1. The van der Waals surface area contributed by atoms with Crippen LogP contribution in [0.1, 0.15) is 75.1 Å². The average molecular weight is 496 g/mol. The summed E-state index contributed by atoms with van der Waals surface area (Å²) in [4.78, 5) is 26.3. The van der Waals surface area contributed by atoms with Crippen molar-refractivity contribution in [2.45, 2.75) is 77.7 Å². The minimum atomic E-state index is -1.64. The van der Waals surface area contributed by atoms with E-state index in [0.717, 1.165) is 48.0 Å². The predicted molar refractivity (Wildman–Crippen MR) is 141 cm³/mol. The Morgan fingerprint density at radius 1 is 1.11 bits per heavy atom. The highest BCUT2D eigenvalue weighted by molar-refractivity contribution is 5.89. The molecule has 0 spiro atoms. The molecule has 2 aromatic heterocycles. The normalized spacial score (nSPS) is 12.8. The van der Waals surface area contributed by atoms with E-state index >= 15 is 0 Å². The van der Waals surface area contributed by atoms with Crippen LogP contribution in [0.4, 0.5) is 4.79 Å². The minimum Gasteiger partial charge on any atom is -0.504 e. The van der Waals surface area contributed by atoms with Crippen molar-refractivity contribution in [2.24, 2.45) is 7.05 Å². The van der Waals surface area contributed by atoms with Gasteiger partial charge in [0.15, 0.2) is 5.75 Å². The van der Waals surface area contributed by atoms with Gasteiger partial charge in [0.25, 0.3) is 5.56 Å². The van der Waals surface area contributed by atoms with Gasteiger partial charge in [0.2, 0.25) is 5.75 Å². The fourth-order valence-corrected chi connectivity index (χ4v) is 5.24. The number of rotatable bonds is 11. The van der Waals surface area contributed by atoms with E-state index in [9.17, 15) is 14.7 Å². The van der Waals surface area contributed by atoms with Crippen LogP contribution in [0.3, 0.4) is 0 Å². The molecule has 0 unspecified atom stereocenters. The molecule has 4 rings (SSSR count). The molecule has 0 amide bonds. The summed E-state index contributed by atoms with van der Waals surface area (Å²) in [5.41, 5.74) is 4.55. The number of carboxylic acid groups (broad SMARTS) is 1. The van der Waals surface area contributed by atoms with Gasteiger partial charge in [-0.25, -0.2) is 4.79 Å². The van der Waals surface area contributed by atoms with Crippen molar-refractivity contribution in [3.8, 4) is 22.8 Å². The molecule has 4 N–H and O–H groups in total. The Hall–Kier alpha value is -3.26. The maximum atomic E-state index is 12.5. The largest absolute Gasteiger partial charge is 0.511 e. The third kappa shape index (κ3) is 5.59. The van der Waals surface area contributed by atoms with Crippen LogP contribution in [0.15, 0.2) is 23.0 Å². The Balaban J connectivity index is 1.52. The topological polar surface area (TPSA) is 117 Å².